The number of rotatable bonds is 2. The maximum absolute atomic E-state index is 10.4. The summed E-state index contributed by atoms with van der Waals surface area (Å²) in [5.74, 6) is -2.75. The first-order valence-electron chi connectivity index (χ1n) is 6.07. The number of hydrogen-bond donors (Lipinski definition) is 5. The van der Waals surface area contributed by atoms with Crippen molar-refractivity contribution in [2.75, 3.05) is 5.73 Å². The lowest BCUT2D eigenvalue weighted by molar-refractivity contribution is 0.0682. The van der Waals surface area contributed by atoms with Crippen LogP contribution in [-0.2, 0) is 0 Å². The van der Waals surface area contributed by atoms with Gasteiger partial charge in [0.1, 0.15) is 22.6 Å². The largest absolute Gasteiger partial charge is 0.507 e. The summed E-state index contributed by atoms with van der Waals surface area (Å²) in [6.07, 6.45) is 0. The quantitative estimate of drug-likeness (QED) is 0.422. The molecule has 0 spiro atoms. The number of aromatic hydroxyl groups is 2. The van der Waals surface area contributed by atoms with Gasteiger partial charge in [-0.1, -0.05) is 11.6 Å². The molecule has 2 rings (SSSR count). The molecule has 0 aromatic heterocycles. The van der Waals surface area contributed by atoms with Crippen LogP contribution in [0.5, 0.6) is 11.5 Å². The first kappa shape index (κ1) is 16.8. The Morgan fingerprint density at radius 3 is 1.73 bits per heavy atom. The number of phenols is 2. The Bertz CT molecular complexity index is 650. The van der Waals surface area contributed by atoms with E-state index in [-0.39, 0.29) is 22.6 Å². The summed E-state index contributed by atoms with van der Waals surface area (Å²) in [7, 11) is 0. The Labute approximate surface area is 125 Å². The lowest BCUT2D eigenvalue weighted by Crippen LogP contribution is -1.97. The summed E-state index contributed by atoms with van der Waals surface area (Å²) in [5.41, 5.74) is 6.20. The molecule has 0 fully saturated rings. The Hall–Kier alpha value is -3.22. The summed E-state index contributed by atoms with van der Waals surface area (Å²) in [4.78, 5) is 20.8. The van der Waals surface area contributed by atoms with E-state index in [1.807, 2.05) is 0 Å². The van der Waals surface area contributed by atoms with Crippen molar-refractivity contribution < 1.29 is 30.0 Å². The zero-order chi connectivity index (χ0) is 16.9. The minimum absolute atomic E-state index is 0.0509. The molecule has 116 valence electrons. The van der Waals surface area contributed by atoms with Crippen molar-refractivity contribution in [3.05, 3.63) is 53.1 Å². The molecule has 2 aromatic rings. The zero-order valence-electron chi connectivity index (χ0n) is 11.6. The molecule has 0 aliphatic rings. The fraction of sp³-hybridized carbons (Fsp3) is 0.0667. The van der Waals surface area contributed by atoms with Gasteiger partial charge in [0.15, 0.2) is 0 Å². The molecule has 22 heavy (non-hydrogen) atoms. The second-order valence-corrected chi connectivity index (χ2v) is 4.41. The minimum Gasteiger partial charge on any atom is -0.507 e. The van der Waals surface area contributed by atoms with Crippen molar-refractivity contribution >= 4 is 17.6 Å². The highest BCUT2D eigenvalue weighted by molar-refractivity contribution is 5.92. The third-order valence-corrected chi connectivity index (χ3v) is 2.63. The Kier molecular flexibility index (Phi) is 5.34. The zero-order valence-corrected chi connectivity index (χ0v) is 11.6. The van der Waals surface area contributed by atoms with E-state index in [1.54, 1.807) is 13.0 Å². The lowest BCUT2D eigenvalue weighted by Gasteiger charge is -1.98. The molecular formula is C15H15NO6. The Morgan fingerprint density at radius 2 is 1.32 bits per heavy atom. The molecular weight excluding hydrogens is 290 g/mol. The number of carboxylic acid groups (broad SMARTS) is 2. The number of carboxylic acids is 2. The molecule has 7 nitrogen and oxygen atoms in total. The summed E-state index contributed by atoms with van der Waals surface area (Å²) in [6.45, 7) is 1.77. The molecule has 0 aliphatic carbocycles. The molecule has 0 saturated carbocycles. The molecule has 0 unspecified atom stereocenters. The van der Waals surface area contributed by atoms with Crippen molar-refractivity contribution in [3.63, 3.8) is 0 Å². The van der Waals surface area contributed by atoms with Crippen molar-refractivity contribution in [2.45, 2.75) is 6.92 Å². The number of hydrogen-bond acceptors (Lipinski definition) is 5. The van der Waals surface area contributed by atoms with Crippen LogP contribution in [0.1, 0.15) is 26.3 Å². The monoisotopic (exact) mass is 305 g/mol. The van der Waals surface area contributed by atoms with Gasteiger partial charge < -0.3 is 26.2 Å². The number of aryl methyl sites for hydroxylation is 1. The normalized spacial score (nSPS) is 9.50. The molecule has 2 aromatic carbocycles. The van der Waals surface area contributed by atoms with Gasteiger partial charge in [0.2, 0.25) is 0 Å². The number of benzene rings is 2. The SMILES string of the molecule is Cc1ccc(O)c(C(=O)O)c1.Nc1ccc(O)c(C(=O)O)c1. The van der Waals surface area contributed by atoms with Gasteiger partial charge in [-0.2, -0.15) is 0 Å². The predicted molar refractivity (Wildman–Crippen MR) is 79.3 cm³/mol. The van der Waals surface area contributed by atoms with Gasteiger partial charge in [-0.05, 0) is 37.3 Å². The van der Waals surface area contributed by atoms with Gasteiger partial charge in [-0.15, -0.1) is 0 Å². The van der Waals surface area contributed by atoms with Crippen LogP contribution in [0.3, 0.4) is 0 Å². The number of nitrogens with two attached hydrogens (primary N) is 1. The fourth-order valence-electron chi connectivity index (χ4n) is 1.55. The molecule has 0 saturated heterocycles. The number of carbonyl (C=O) groups is 2. The minimum atomic E-state index is -1.19. The van der Waals surface area contributed by atoms with E-state index in [9.17, 15) is 9.59 Å². The van der Waals surface area contributed by atoms with Crippen LogP contribution in [0.2, 0.25) is 0 Å². The second-order valence-electron chi connectivity index (χ2n) is 4.41. The van der Waals surface area contributed by atoms with Crippen LogP contribution < -0.4 is 5.73 Å². The highest BCUT2D eigenvalue weighted by atomic mass is 16.4. The lowest BCUT2D eigenvalue weighted by atomic mass is 10.1. The van der Waals surface area contributed by atoms with E-state index in [0.717, 1.165) is 5.56 Å². The van der Waals surface area contributed by atoms with Crippen molar-refractivity contribution in [3.8, 4) is 11.5 Å². The highest BCUT2D eigenvalue weighted by Gasteiger charge is 2.08. The van der Waals surface area contributed by atoms with E-state index < -0.39 is 11.9 Å². The van der Waals surface area contributed by atoms with Gasteiger partial charge in [-0.25, -0.2) is 9.59 Å². The third-order valence-electron chi connectivity index (χ3n) is 2.63. The maximum atomic E-state index is 10.4. The van der Waals surface area contributed by atoms with Crippen LogP contribution in [0.15, 0.2) is 36.4 Å². The first-order valence-corrected chi connectivity index (χ1v) is 6.07. The van der Waals surface area contributed by atoms with E-state index >= 15 is 0 Å². The van der Waals surface area contributed by atoms with Gasteiger partial charge in [-0.3, -0.25) is 0 Å². The average molecular weight is 305 g/mol. The van der Waals surface area contributed by atoms with E-state index in [1.165, 1.54) is 30.3 Å². The smallest absolute Gasteiger partial charge is 0.339 e. The Balaban J connectivity index is 0.000000220. The average Bonchev–Trinajstić information content (AvgIpc) is 2.44. The van der Waals surface area contributed by atoms with Gasteiger partial charge >= 0.3 is 11.9 Å². The number of anilines is 1. The van der Waals surface area contributed by atoms with E-state index in [0.29, 0.717) is 5.69 Å². The van der Waals surface area contributed by atoms with Crippen LogP contribution in [-0.4, -0.2) is 32.4 Å². The van der Waals surface area contributed by atoms with E-state index in [2.05, 4.69) is 0 Å². The molecule has 0 heterocycles. The summed E-state index contributed by atoms with van der Waals surface area (Å²) < 4.78 is 0. The summed E-state index contributed by atoms with van der Waals surface area (Å²) >= 11 is 0. The van der Waals surface area contributed by atoms with Crippen LogP contribution in [0.4, 0.5) is 5.69 Å². The second kappa shape index (κ2) is 6.98. The molecule has 0 aliphatic heterocycles. The maximum Gasteiger partial charge on any atom is 0.339 e. The Morgan fingerprint density at radius 1 is 0.864 bits per heavy atom. The third kappa shape index (κ3) is 4.41. The molecule has 0 bridgehead atoms. The molecule has 0 radical (unpaired) electrons. The number of aromatic carboxylic acids is 2. The summed E-state index contributed by atoms with van der Waals surface area (Å²) in [5, 5.41) is 35.0. The highest BCUT2D eigenvalue weighted by Crippen LogP contribution is 2.19. The molecule has 0 atom stereocenters. The number of nitrogen functional groups attached to an aromatic ring is 1. The van der Waals surface area contributed by atoms with Crippen LogP contribution in [0.25, 0.3) is 0 Å². The molecule has 6 N–H and O–H groups in total. The molecule has 7 heteroatoms. The summed E-state index contributed by atoms with van der Waals surface area (Å²) in [6, 6.07) is 8.34. The van der Waals surface area contributed by atoms with Gasteiger partial charge in [0.05, 0.1) is 0 Å². The fourth-order valence-corrected chi connectivity index (χ4v) is 1.55. The predicted octanol–water partition coefficient (Wildman–Crippen LogP) is 2.07. The standard InChI is InChI=1S/C8H8O3.C7H7NO3/c1-5-2-3-7(9)6(4-5)8(10)11;8-4-1-2-6(9)5(3-4)7(10)11/h2-4,9H,1H3,(H,10,11);1-3,9H,8H2,(H,10,11). The van der Waals surface area contributed by atoms with Crippen molar-refractivity contribution in [1.29, 1.82) is 0 Å². The van der Waals surface area contributed by atoms with E-state index in [4.69, 9.17) is 26.2 Å². The van der Waals surface area contributed by atoms with Crippen molar-refractivity contribution in [2.24, 2.45) is 0 Å². The van der Waals surface area contributed by atoms with Crippen molar-refractivity contribution in [1.82, 2.24) is 0 Å². The van der Waals surface area contributed by atoms with Crippen LogP contribution in [0, 0.1) is 6.92 Å². The topological polar surface area (TPSA) is 141 Å². The first-order chi connectivity index (χ1) is 10.2. The molecule has 0 amide bonds. The van der Waals surface area contributed by atoms with Crippen LogP contribution >= 0.6 is 0 Å². The van der Waals surface area contributed by atoms with Gasteiger partial charge in [0.25, 0.3) is 0 Å². The van der Waals surface area contributed by atoms with Gasteiger partial charge in [0, 0.05) is 5.69 Å².